The van der Waals surface area contributed by atoms with E-state index >= 15 is 0 Å². The van der Waals surface area contributed by atoms with Gasteiger partial charge in [0.25, 0.3) is 5.91 Å². The highest BCUT2D eigenvalue weighted by Crippen LogP contribution is 2.36. The fourth-order valence-electron chi connectivity index (χ4n) is 4.07. The van der Waals surface area contributed by atoms with Gasteiger partial charge in [-0.1, -0.05) is 23.2 Å². The standard InChI is InChI=1S/C25H26Cl2N4O6/c1-13(35-25(28)33)22-21(23(32)30-10-16-17(26)11-29-12-18(16)27)31-24(37-22)14-7-8-19(34-2)20(9-14)36-15-5-3-4-6-15/h7-9,11-13,15H,3-6,10H2,1-2H3,(H2,28,33)(H,30,32). The van der Waals surface area contributed by atoms with Gasteiger partial charge < -0.3 is 29.7 Å². The topological polar surface area (TPSA) is 139 Å². The van der Waals surface area contributed by atoms with Crippen molar-refractivity contribution in [3.8, 4) is 23.0 Å². The Morgan fingerprint density at radius 3 is 2.54 bits per heavy atom. The predicted molar refractivity (Wildman–Crippen MR) is 136 cm³/mol. The zero-order chi connectivity index (χ0) is 26.5. The fraction of sp³-hybridized carbons (Fsp3) is 0.360. The molecule has 2 aromatic heterocycles. The number of aromatic nitrogens is 2. The number of nitrogens with zero attached hydrogens (tertiary/aromatic N) is 2. The molecule has 12 heteroatoms. The van der Waals surface area contributed by atoms with Gasteiger partial charge in [-0.2, -0.15) is 0 Å². The highest BCUT2D eigenvalue weighted by atomic mass is 35.5. The molecule has 0 saturated heterocycles. The molecule has 1 saturated carbocycles. The maximum Gasteiger partial charge on any atom is 0.405 e. The molecule has 37 heavy (non-hydrogen) atoms. The highest BCUT2D eigenvalue weighted by Gasteiger charge is 2.28. The number of methoxy groups -OCH3 is 1. The van der Waals surface area contributed by atoms with Crippen LogP contribution in [-0.4, -0.2) is 35.2 Å². The number of oxazole rings is 1. The summed E-state index contributed by atoms with van der Waals surface area (Å²) < 4.78 is 22.6. The molecule has 1 fully saturated rings. The first-order valence-corrected chi connectivity index (χ1v) is 12.4. The molecule has 196 valence electrons. The van der Waals surface area contributed by atoms with Gasteiger partial charge in [0.05, 0.1) is 23.3 Å². The number of nitrogens with two attached hydrogens (primary N) is 1. The number of halogens is 2. The lowest BCUT2D eigenvalue weighted by Crippen LogP contribution is -2.25. The predicted octanol–water partition coefficient (Wildman–Crippen LogP) is 5.46. The van der Waals surface area contributed by atoms with Crippen LogP contribution in [0.15, 0.2) is 35.0 Å². The second kappa shape index (κ2) is 11.7. The van der Waals surface area contributed by atoms with Crippen molar-refractivity contribution in [2.75, 3.05) is 7.11 Å². The van der Waals surface area contributed by atoms with Gasteiger partial charge in [-0.15, -0.1) is 0 Å². The van der Waals surface area contributed by atoms with Crippen LogP contribution in [0.2, 0.25) is 10.0 Å². The molecule has 1 atom stereocenters. The Balaban J connectivity index is 1.65. The van der Waals surface area contributed by atoms with E-state index in [0.29, 0.717) is 32.7 Å². The molecule has 1 unspecified atom stereocenters. The summed E-state index contributed by atoms with van der Waals surface area (Å²) in [4.78, 5) is 32.8. The molecule has 0 spiro atoms. The van der Waals surface area contributed by atoms with Gasteiger partial charge in [0, 0.05) is 30.1 Å². The third-order valence-electron chi connectivity index (χ3n) is 5.92. The first kappa shape index (κ1) is 26.6. The van der Waals surface area contributed by atoms with Gasteiger partial charge in [0.1, 0.15) is 0 Å². The number of nitrogens with one attached hydrogen (secondary N) is 1. The van der Waals surface area contributed by atoms with Crippen LogP contribution in [0, 0.1) is 0 Å². The van der Waals surface area contributed by atoms with Crippen molar-refractivity contribution in [3.63, 3.8) is 0 Å². The SMILES string of the molecule is COc1ccc(-c2nc(C(=O)NCc3c(Cl)cncc3Cl)c(C(C)OC(N)=O)o2)cc1OC1CCCC1. The number of amides is 2. The Morgan fingerprint density at radius 1 is 1.19 bits per heavy atom. The summed E-state index contributed by atoms with van der Waals surface area (Å²) in [5.74, 6) is 0.661. The molecule has 3 N–H and O–H groups in total. The molecule has 4 rings (SSSR count). The molecule has 2 heterocycles. The molecule has 0 aliphatic heterocycles. The molecule has 1 aromatic carbocycles. The van der Waals surface area contributed by atoms with Crippen LogP contribution in [0.4, 0.5) is 4.79 Å². The quantitative estimate of drug-likeness (QED) is 0.359. The van der Waals surface area contributed by atoms with Gasteiger partial charge in [0.2, 0.25) is 5.89 Å². The lowest BCUT2D eigenvalue weighted by molar-refractivity contribution is 0.0904. The molecular formula is C25H26Cl2N4O6. The molecule has 1 aliphatic rings. The van der Waals surface area contributed by atoms with Crippen molar-refractivity contribution >= 4 is 35.2 Å². The van der Waals surface area contributed by atoms with Gasteiger partial charge in [-0.05, 0) is 50.8 Å². The van der Waals surface area contributed by atoms with Crippen molar-refractivity contribution in [1.82, 2.24) is 15.3 Å². The van der Waals surface area contributed by atoms with Crippen LogP contribution in [0.25, 0.3) is 11.5 Å². The first-order valence-electron chi connectivity index (χ1n) is 11.6. The van der Waals surface area contributed by atoms with Gasteiger partial charge >= 0.3 is 6.09 Å². The Morgan fingerprint density at radius 2 is 1.89 bits per heavy atom. The lowest BCUT2D eigenvalue weighted by Gasteiger charge is -2.16. The largest absolute Gasteiger partial charge is 0.493 e. The van der Waals surface area contributed by atoms with Crippen molar-refractivity contribution in [2.24, 2.45) is 5.73 Å². The minimum absolute atomic E-state index is 0.00756. The van der Waals surface area contributed by atoms with Crippen LogP contribution in [0.1, 0.15) is 60.5 Å². The van der Waals surface area contributed by atoms with Gasteiger partial charge in [-0.3, -0.25) is 9.78 Å². The normalized spacial score (nSPS) is 14.3. The number of benzene rings is 1. The van der Waals surface area contributed by atoms with Crippen LogP contribution in [0.5, 0.6) is 11.5 Å². The second-order valence-electron chi connectivity index (χ2n) is 8.47. The highest BCUT2D eigenvalue weighted by molar-refractivity contribution is 6.35. The Hall–Kier alpha value is -3.50. The van der Waals surface area contributed by atoms with E-state index in [2.05, 4.69) is 15.3 Å². The van der Waals surface area contributed by atoms with E-state index in [9.17, 15) is 9.59 Å². The van der Waals surface area contributed by atoms with E-state index in [1.165, 1.54) is 19.3 Å². The molecule has 0 bridgehead atoms. The van der Waals surface area contributed by atoms with E-state index < -0.39 is 18.1 Å². The molecule has 2 amide bonds. The summed E-state index contributed by atoms with van der Waals surface area (Å²) in [6, 6.07) is 5.21. The summed E-state index contributed by atoms with van der Waals surface area (Å²) in [6.07, 6.45) is 5.09. The number of hydrogen-bond donors (Lipinski definition) is 2. The summed E-state index contributed by atoms with van der Waals surface area (Å²) in [7, 11) is 1.56. The Bertz CT molecular complexity index is 1270. The maximum atomic E-state index is 13.1. The average Bonchev–Trinajstić information content (AvgIpc) is 3.53. The summed E-state index contributed by atoms with van der Waals surface area (Å²) >= 11 is 12.3. The van der Waals surface area contributed by atoms with Crippen molar-refractivity contribution < 1.29 is 28.2 Å². The van der Waals surface area contributed by atoms with E-state index in [1.807, 2.05) is 0 Å². The lowest BCUT2D eigenvalue weighted by atomic mass is 10.2. The van der Waals surface area contributed by atoms with Crippen molar-refractivity contribution in [2.45, 2.75) is 51.4 Å². The molecule has 0 radical (unpaired) electrons. The number of carbonyl (C=O) groups excluding carboxylic acids is 2. The van der Waals surface area contributed by atoms with E-state index in [4.69, 9.17) is 47.6 Å². The smallest absolute Gasteiger partial charge is 0.405 e. The average molecular weight is 549 g/mol. The second-order valence-corrected chi connectivity index (χ2v) is 9.28. The third kappa shape index (κ3) is 6.26. The van der Waals surface area contributed by atoms with Gasteiger partial charge in [0.15, 0.2) is 29.1 Å². The van der Waals surface area contributed by atoms with Crippen LogP contribution in [0.3, 0.4) is 0 Å². The molecule has 1 aliphatic carbocycles. The zero-order valence-electron chi connectivity index (χ0n) is 20.3. The first-order chi connectivity index (χ1) is 17.8. The zero-order valence-corrected chi connectivity index (χ0v) is 21.8. The number of hydrogen-bond acceptors (Lipinski definition) is 8. The summed E-state index contributed by atoms with van der Waals surface area (Å²) in [5, 5.41) is 3.31. The minimum atomic E-state index is -1.02. The summed E-state index contributed by atoms with van der Waals surface area (Å²) in [5.41, 5.74) is 6.13. The van der Waals surface area contributed by atoms with E-state index in [1.54, 1.807) is 25.3 Å². The number of carbonyl (C=O) groups is 2. The number of pyridine rings is 1. The number of primary amides is 1. The van der Waals surface area contributed by atoms with Crippen LogP contribution < -0.4 is 20.5 Å². The van der Waals surface area contributed by atoms with Crippen LogP contribution in [-0.2, 0) is 11.3 Å². The fourth-order valence-corrected chi connectivity index (χ4v) is 4.57. The third-order valence-corrected chi connectivity index (χ3v) is 6.57. The number of rotatable bonds is 9. The molecule has 3 aromatic rings. The molecule has 10 nitrogen and oxygen atoms in total. The van der Waals surface area contributed by atoms with Crippen molar-refractivity contribution in [1.29, 1.82) is 0 Å². The monoisotopic (exact) mass is 548 g/mol. The maximum absolute atomic E-state index is 13.1. The summed E-state index contributed by atoms with van der Waals surface area (Å²) in [6.45, 7) is 1.53. The molecular weight excluding hydrogens is 523 g/mol. The van der Waals surface area contributed by atoms with Crippen molar-refractivity contribution in [3.05, 3.63) is 57.7 Å². The van der Waals surface area contributed by atoms with E-state index in [0.717, 1.165) is 25.7 Å². The Kier molecular flexibility index (Phi) is 8.40. The van der Waals surface area contributed by atoms with E-state index in [-0.39, 0.29) is 30.0 Å². The Labute approximate surface area is 223 Å². The van der Waals surface area contributed by atoms with Crippen LogP contribution >= 0.6 is 23.2 Å². The number of ether oxygens (including phenoxy) is 3. The van der Waals surface area contributed by atoms with Gasteiger partial charge in [-0.25, -0.2) is 9.78 Å². The minimum Gasteiger partial charge on any atom is -0.493 e.